The van der Waals surface area contributed by atoms with Crippen LogP contribution in [0.4, 0.5) is 5.82 Å². The van der Waals surface area contributed by atoms with E-state index in [0.29, 0.717) is 11.6 Å². The third-order valence-electron chi connectivity index (χ3n) is 2.64. The van der Waals surface area contributed by atoms with Gasteiger partial charge in [0, 0.05) is 18.7 Å². The van der Waals surface area contributed by atoms with Gasteiger partial charge in [0.25, 0.3) is 0 Å². The maximum Gasteiger partial charge on any atom is 0.180 e. The van der Waals surface area contributed by atoms with Gasteiger partial charge in [-0.3, -0.25) is 4.68 Å². The van der Waals surface area contributed by atoms with Crippen LogP contribution in [0.3, 0.4) is 0 Å². The fourth-order valence-corrected chi connectivity index (χ4v) is 2.44. The zero-order chi connectivity index (χ0) is 13.5. The van der Waals surface area contributed by atoms with Crippen LogP contribution in [0.5, 0.6) is 0 Å². The van der Waals surface area contributed by atoms with Crippen LogP contribution in [0, 0.1) is 0 Å². The van der Waals surface area contributed by atoms with Crippen LogP contribution in [0.15, 0.2) is 16.7 Å². The van der Waals surface area contributed by atoms with E-state index in [1.54, 1.807) is 10.9 Å². The minimum absolute atomic E-state index is 0.108. The van der Waals surface area contributed by atoms with Crippen molar-refractivity contribution in [3.63, 3.8) is 0 Å². The smallest absolute Gasteiger partial charge is 0.180 e. The number of rotatable bonds is 1. The topological polar surface area (TPSA) is 69.6 Å². The predicted octanol–water partition coefficient (Wildman–Crippen LogP) is 2.52. The second-order valence-electron chi connectivity index (χ2n) is 5.19. The first-order valence-corrected chi connectivity index (χ1v) is 6.42. The number of nitrogens with two attached hydrogens (primary N) is 1. The van der Waals surface area contributed by atoms with Crippen LogP contribution in [0.25, 0.3) is 11.5 Å². The van der Waals surface area contributed by atoms with Crippen molar-refractivity contribution in [2.75, 3.05) is 5.73 Å². The van der Waals surface area contributed by atoms with Gasteiger partial charge in [0.2, 0.25) is 0 Å². The van der Waals surface area contributed by atoms with Crippen molar-refractivity contribution in [3.05, 3.63) is 22.4 Å². The molecule has 0 aliphatic heterocycles. The molecule has 0 saturated carbocycles. The first-order valence-electron chi connectivity index (χ1n) is 5.62. The molecule has 2 aromatic heterocycles. The normalized spacial score (nSPS) is 11.8. The molecule has 6 heteroatoms. The van der Waals surface area contributed by atoms with Crippen molar-refractivity contribution in [2.45, 2.75) is 26.2 Å². The molecule has 0 spiro atoms. The van der Waals surface area contributed by atoms with Crippen LogP contribution in [-0.2, 0) is 12.5 Å². The molecule has 0 aliphatic carbocycles. The quantitative estimate of drug-likeness (QED) is 0.878. The molecule has 2 aromatic rings. The number of aryl methyl sites for hydroxylation is 1. The summed E-state index contributed by atoms with van der Waals surface area (Å²) in [6.07, 6.45) is 1.72. The Kier molecular flexibility index (Phi) is 3.14. The highest BCUT2D eigenvalue weighted by atomic mass is 79.9. The Labute approximate surface area is 115 Å². The summed E-state index contributed by atoms with van der Waals surface area (Å²) in [4.78, 5) is 8.92. The molecule has 0 radical (unpaired) electrons. The van der Waals surface area contributed by atoms with Gasteiger partial charge < -0.3 is 5.73 Å². The fraction of sp³-hybridized carbons (Fsp3) is 0.417. The molecular weight excluding hydrogens is 294 g/mol. The molecular formula is C12H16BrN5. The third kappa shape index (κ3) is 2.25. The number of nitrogens with zero attached hydrogens (tertiary/aromatic N) is 4. The molecule has 0 bridgehead atoms. The van der Waals surface area contributed by atoms with Crippen molar-refractivity contribution in [2.24, 2.45) is 7.05 Å². The summed E-state index contributed by atoms with van der Waals surface area (Å²) in [7, 11) is 1.85. The van der Waals surface area contributed by atoms with Gasteiger partial charge in [-0.05, 0) is 22.0 Å². The first kappa shape index (κ1) is 13.0. The van der Waals surface area contributed by atoms with E-state index in [-0.39, 0.29) is 5.41 Å². The Bertz CT molecular complexity index is 583. The van der Waals surface area contributed by atoms with E-state index in [1.807, 2.05) is 13.1 Å². The van der Waals surface area contributed by atoms with E-state index in [4.69, 9.17) is 5.73 Å². The summed E-state index contributed by atoms with van der Waals surface area (Å²) in [6, 6.07) is 1.87. The monoisotopic (exact) mass is 309 g/mol. The Morgan fingerprint density at radius 2 is 1.94 bits per heavy atom. The summed E-state index contributed by atoms with van der Waals surface area (Å²) in [5.74, 6) is 1.05. The van der Waals surface area contributed by atoms with E-state index in [0.717, 1.165) is 15.9 Å². The van der Waals surface area contributed by atoms with Gasteiger partial charge in [0.15, 0.2) is 5.82 Å². The molecule has 2 N–H and O–H groups in total. The number of hydrogen-bond acceptors (Lipinski definition) is 4. The van der Waals surface area contributed by atoms with Crippen molar-refractivity contribution in [1.82, 2.24) is 19.7 Å². The fourth-order valence-electron chi connectivity index (χ4n) is 1.67. The Balaban J connectivity index is 2.66. The standard InChI is InChI=1S/C12H16BrN5/c1-12(2,3)9-8(13)10(14)17-11(16-9)7-5-6-15-18(7)4/h5-6H,1-4H3,(H2,14,16,17). The largest absolute Gasteiger partial charge is 0.383 e. The Morgan fingerprint density at radius 1 is 1.28 bits per heavy atom. The van der Waals surface area contributed by atoms with Gasteiger partial charge in [-0.1, -0.05) is 20.8 Å². The van der Waals surface area contributed by atoms with Crippen molar-refractivity contribution in [3.8, 4) is 11.5 Å². The number of halogens is 1. The number of aromatic nitrogens is 4. The minimum Gasteiger partial charge on any atom is -0.383 e. The van der Waals surface area contributed by atoms with Crippen LogP contribution >= 0.6 is 15.9 Å². The van der Waals surface area contributed by atoms with Gasteiger partial charge in [-0.25, -0.2) is 9.97 Å². The maximum absolute atomic E-state index is 5.95. The van der Waals surface area contributed by atoms with Gasteiger partial charge in [-0.15, -0.1) is 0 Å². The highest BCUT2D eigenvalue weighted by Crippen LogP contribution is 2.32. The second-order valence-corrected chi connectivity index (χ2v) is 5.98. The maximum atomic E-state index is 5.95. The summed E-state index contributed by atoms with van der Waals surface area (Å²) in [5, 5.41) is 4.12. The molecule has 18 heavy (non-hydrogen) atoms. The van der Waals surface area contributed by atoms with Crippen LogP contribution in [0.1, 0.15) is 26.5 Å². The van der Waals surface area contributed by atoms with Crippen molar-refractivity contribution < 1.29 is 0 Å². The van der Waals surface area contributed by atoms with Crippen molar-refractivity contribution in [1.29, 1.82) is 0 Å². The van der Waals surface area contributed by atoms with E-state index in [9.17, 15) is 0 Å². The lowest BCUT2D eigenvalue weighted by atomic mass is 9.92. The summed E-state index contributed by atoms with van der Waals surface area (Å²) in [6.45, 7) is 6.27. The molecule has 0 aromatic carbocycles. The summed E-state index contributed by atoms with van der Waals surface area (Å²) >= 11 is 3.46. The number of anilines is 1. The SMILES string of the molecule is Cn1nccc1-c1nc(N)c(Br)c(C(C)(C)C)n1. The third-order valence-corrected chi connectivity index (χ3v) is 3.42. The lowest BCUT2D eigenvalue weighted by Gasteiger charge is -2.20. The Hall–Kier alpha value is -1.43. The van der Waals surface area contributed by atoms with Crippen LogP contribution < -0.4 is 5.73 Å². The Morgan fingerprint density at radius 3 is 2.44 bits per heavy atom. The highest BCUT2D eigenvalue weighted by Gasteiger charge is 2.23. The highest BCUT2D eigenvalue weighted by molar-refractivity contribution is 9.10. The molecule has 2 rings (SSSR count). The molecule has 0 saturated heterocycles. The number of hydrogen-bond donors (Lipinski definition) is 1. The van der Waals surface area contributed by atoms with Crippen LogP contribution in [0.2, 0.25) is 0 Å². The number of nitrogen functional groups attached to an aromatic ring is 1. The lowest BCUT2D eigenvalue weighted by molar-refractivity contribution is 0.564. The van der Waals surface area contributed by atoms with Crippen LogP contribution in [-0.4, -0.2) is 19.7 Å². The second kappa shape index (κ2) is 4.35. The molecule has 96 valence electrons. The molecule has 2 heterocycles. The average molecular weight is 310 g/mol. The molecule has 0 atom stereocenters. The van der Waals surface area contributed by atoms with E-state index < -0.39 is 0 Å². The predicted molar refractivity (Wildman–Crippen MR) is 75.0 cm³/mol. The molecule has 0 amide bonds. The molecule has 0 fully saturated rings. The van der Waals surface area contributed by atoms with Crippen molar-refractivity contribution >= 4 is 21.7 Å². The van der Waals surface area contributed by atoms with Gasteiger partial charge in [0.05, 0.1) is 10.2 Å². The van der Waals surface area contributed by atoms with E-state index in [2.05, 4.69) is 51.8 Å². The first-order chi connectivity index (χ1) is 8.30. The van der Waals surface area contributed by atoms with Gasteiger partial charge in [0.1, 0.15) is 11.5 Å². The summed E-state index contributed by atoms with van der Waals surface area (Å²) in [5.41, 5.74) is 7.58. The molecule has 5 nitrogen and oxygen atoms in total. The van der Waals surface area contributed by atoms with E-state index in [1.165, 1.54) is 0 Å². The molecule has 0 aliphatic rings. The van der Waals surface area contributed by atoms with E-state index >= 15 is 0 Å². The molecule has 0 unspecified atom stereocenters. The average Bonchev–Trinajstić information content (AvgIpc) is 2.66. The summed E-state index contributed by atoms with van der Waals surface area (Å²) < 4.78 is 2.50. The lowest BCUT2D eigenvalue weighted by Crippen LogP contribution is -2.17. The zero-order valence-electron chi connectivity index (χ0n) is 10.9. The zero-order valence-corrected chi connectivity index (χ0v) is 12.5. The van der Waals surface area contributed by atoms with Gasteiger partial charge >= 0.3 is 0 Å². The minimum atomic E-state index is -0.108. The van der Waals surface area contributed by atoms with Gasteiger partial charge in [-0.2, -0.15) is 5.10 Å².